The lowest BCUT2D eigenvalue weighted by Crippen LogP contribution is -2.59. The molecule has 4 rings (SSSR count). The fourth-order valence-electron chi connectivity index (χ4n) is 4.19. The third-order valence-electron chi connectivity index (χ3n) is 5.57. The van der Waals surface area contributed by atoms with Crippen LogP contribution in [0.25, 0.3) is 0 Å². The van der Waals surface area contributed by atoms with Crippen LogP contribution in [0, 0.1) is 0 Å². The molecule has 7 nitrogen and oxygen atoms in total. The molecule has 146 valence electrons. The van der Waals surface area contributed by atoms with Crippen molar-refractivity contribution in [3.8, 4) is 0 Å². The van der Waals surface area contributed by atoms with Gasteiger partial charge in [-0.25, -0.2) is 0 Å². The monoisotopic (exact) mass is 379 g/mol. The lowest BCUT2D eigenvalue weighted by molar-refractivity contribution is -0.135. The predicted octanol–water partition coefficient (Wildman–Crippen LogP) is 0.493. The molecule has 1 aliphatic carbocycles. The van der Waals surface area contributed by atoms with Gasteiger partial charge < -0.3 is 10.6 Å². The highest BCUT2D eigenvalue weighted by Gasteiger charge is 2.37. The van der Waals surface area contributed by atoms with Crippen LogP contribution in [0.2, 0.25) is 0 Å². The molecule has 0 radical (unpaired) electrons. The maximum Gasteiger partial charge on any atom is 0.237 e. The Kier molecular flexibility index (Phi) is 5.62. The summed E-state index contributed by atoms with van der Waals surface area (Å²) in [4.78, 5) is 35.4. The third-order valence-corrected chi connectivity index (χ3v) is 5.57. The fraction of sp³-hybridized carbons (Fsp3) is 0.429. The molecule has 2 heterocycles. The molecular formula is C21H25N5O2. The lowest BCUT2D eigenvalue weighted by Gasteiger charge is -2.38. The van der Waals surface area contributed by atoms with E-state index in [1.165, 1.54) is 11.1 Å². The van der Waals surface area contributed by atoms with Crippen LogP contribution in [0.1, 0.15) is 23.2 Å². The molecule has 1 saturated heterocycles. The number of carbonyl (C=O) groups excluding carboxylic acids is 2. The average molecular weight is 379 g/mol. The van der Waals surface area contributed by atoms with E-state index < -0.39 is 6.04 Å². The van der Waals surface area contributed by atoms with Crippen molar-refractivity contribution >= 4 is 11.8 Å². The van der Waals surface area contributed by atoms with E-state index in [9.17, 15) is 9.59 Å². The maximum atomic E-state index is 12.5. The zero-order chi connectivity index (χ0) is 19.3. The molecule has 0 bridgehead atoms. The van der Waals surface area contributed by atoms with Gasteiger partial charge in [-0.1, -0.05) is 24.3 Å². The first-order chi connectivity index (χ1) is 13.7. The number of fused-ring (bicyclic) bond motifs is 1. The highest BCUT2D eigenvalue weighted by atomic mass is 16.2. The summed E-state index contributed by atoms with van der Waals surface area (Å²) in [5.41, 5.74) is 3.54. The number of hydrogen-bond donors (Lipinski definition) is 2. The molecule has 28 heavy (non-hydrogen) atoms. The molecule has 7 heteroatoms. The van der Waals surface area contributed by atoms with Crippen molar-refractivity contribution in [3.63, 3.8) is 0 Å². The summed E-state index contributed by atoms with van der Waals surface area (Å²) >= 11 is 0. The van der Waals surface area contributed by atoms with Gasteiger partial charge in [0.15, 0.2) is 0 Å². The van der Waals surface area contributed by atoms with Gasteiger partial charge in [-0.3, -0.25) is 24.5 Å². The summed E-state index contributed by atoms with van der Waals surface area (Å²) in [6, 6.07) is 8.31. The molecule has 2 aromatic rings. The summed E-state index contributed by atoms with van der Waals surface area (Å²) in [6.45, 7) is 1.90. The Morgan fingerprint density at radius 2 is 2.00 bits per heavy atom. The van der Waals surface area contributed by atoms with Crippen molar-refractivity contribution in [1.82, 2.24) is 25.5 Å². The van der Waals surface area contributed by atoms with Crippen LogP contribution in [0.5, 0.6) is 0 Å². The van der Waals surface area contributed by atoms with Crippen molar-refractivity contribution in [2.24, 2.45) is 0 Å². The van der Waals surface area contributed by atoms with Crippen molar-refractivity contribution in [1.29, 1.82) is 0 Å². The Morgan fingerprint density at radius 3 is 2.71 bits per heavy atom. The largest absolute Gasteiger partial charge is 0.356 e. The Labute approximate surface area is 164 Å². The molecule has 0 spiro atoms. The molecule has 1 aromatic heterocycles. The molecule has 2 amide bonds. The first kappa shape index (κ1) is 18.6. The van der Waals surface area contributed by atoms with Gasteiger partial charge in [0.1, 0.15) is 0 Å². The lowest BCUT2D eigenvalue weighted by atomic mass is 10.0. The standard InChI is InChI=1S/C21H25N5O2/c27-20(24-6-5-17-14-22-7-8-23-17)13-19-21(28)25-9-10-26(19)18-11-15-3-1-2-4-16(15)12-18/h1-4,7-8,14,18-19H,5-6,9-13H2,(H,24,27)(H,25,28). The van der Waals surface area contributed by atoms with E-state index in [1.54, 1.807) is 18.6 Å². The van der Waals surface area contributed by atoms with E-state index in [-0.39, 0.29) is 24.3 Å². The summed E-state index contributed by atoms with van der Waals surface area (Å²) in [5.74, 6) is -0.155. The third kappa shape index (κ3) is 4.20. The number of benzene rings is 1. The van der Waals surface area contributed by atoms with Gasteiger partial charge in [0, 0.05) is 50.7 Å². The Hall–Kier alpha value is -2.80. The Bertz CT molecular complexity index is 817. The number of nitrogens with zero attached hydrogens (tertiary/aromatic N) is 3. The smallest absolute Gasteiger partial charge is 0.237 e. The topological polar surface area (TPSA) is 87.2 Å². The van der Waals surface area contributed by atoms with Crippen LogP contribution in [-0.2, 0) is 28.9 Å². The Balaban J connectivity index is 1.34. The molecule has 1 aromatic carbocycles. The molecule has 2 aliphatic rings. The minimum atomic E-state index is -0.412. The summed E-state index contributed by atoms with van der Waals surface area (Å²) in [6.07, 6.45) is 7.64. The van der Waals surface area contributed by atoms with Gasteiger partial charge in [-0.05, 0) is 24.0 Å². The fourth-order valence-corrected chi connectivity index (χ4v) is 4.19. The molecule has 0 saturated carbocycles. The van der Waals surface area contributed by atoms with E-state index in [0.717, 1.165) is 25.1 Å². The van der Waals surface area contributed by atoms with Crippen molar-refractivity contribution in [2.75, 3.05) is 19.6 Å². The number of piperazine rings is 1. The molecular weight excluding hydrogens is 354 g/mol. The van der Waals surface area contributed by atoms with Crippen LogP contribution in [0.4, 0.5) is 0 Å². The second kappa shape index (κ2) is 8.48. The molecule has 1 aliphatic heterocycles. The van der Waals surface area contributed by atoms with E-state index >= 15 is 0 Å². The highest BCUT2D eigenvalue weighted by Crippen LogP contribution is 2.28. The van der Waals surface area contributed by atoms with E-state index in [0.29, 0.717) is 19.5 Å². The zero-order valence-electron chi connectivity index (χ0n) is 15.8. The van der Waals surface area contributed by atoms with Gasteiger partial charge in [0.2, 0.25) is 11.8 Å². The number of rotatable bonds is 6. The maximum absolute atomic E-state index is 12.5. The SMILES string of the molecule is O=C(CC1C(=O)NCCN1C1Cc2ccccc2C1)NCCc1cnccn1. The zero-order valence-corrected chi connectivity index (χ0v) is 15.8. The Morgan fingerprint density at radius 1 is 1.21 bits per heavy atom. The van der Waals surface area contributed by atoms with E-state index in [4.69, 9.17) is 0 Å². The minimum Gasteiger partial charge on any atom is -0.356 e. The molecule has 1 fully saturated rings. The second-order valence-corrected chi connectivity index (χ2v) is 7.38. The van der Waals surface area contributed by atoms with Gasteiger partial charge in [-0.2, -0.15) is 0 Å². The van der Waals surface area contributed by atoms with Crippen LogP contribution >= 0.6 is 0 Å². The van der Waals surface area contributed by atoms with E-state index in [2.05, 4.69) is 49.8 Å². The van der Waals surface area contributed by atoms with Crippen LogP contribution in [0.3, 0.4) is 0 Å². The van der Waals surface area contributed by atoms with Crippen LogP contribution in [-0.4, -0.2) is 58.4 Å². The quantitative estimate of drug-likeness (QED) is 0.763. The van der Waals surface area contributed by atoms with Gasteiger partial charge in [0.05, 0.1) is 18.2 Å². The predicted molar refractivity (Wildman–Crippen MR) is 105 cm³/mol. The normalized spacial score (nSPS) is 19.9. The van der Waals surface area contributed by atoms with E-state index in [1.807, 2.05) is 0 Å². The molecule has 2 N–H and O–H groups in total. The van der Waals surface area contributed by atoms with Gasteiger partial charge >= 0.3 is 0 Å². The number of carbonyl (C=O) groups is 2. The van der Waals surface area contributed by atoms with Crippen molar-refractivity contribution in [2.45, 2.75) is 37.8 Å². The number of nitrogens with one attached hydrogen (secondary N) is 2. The van der Waals surface area contributed by atoms with Crippen molar-refractivity contribution < 1.29 is 9.59 Å². The number of amides is 2. The van der Waals surface area contributed by atoms with Crippen molar-refractivity contribution in [3.05, 3.63) is 59.7 Å². The van der Waals surface area contributed by atoms with Gasteiger partial charge in [-0.15, -0.1) is 0 Å². The average Bonchev–Trinajstić information content (AvgIpc) is 3.14. The molecule has 1 atom stereocenters. The first-order valence-electron chi connectivity index (χ1n) is 9.82. The second-order valence-electron chi connectivity index (χ2n) is 7.38. The molecule has 1 unspecified atom stereocenters. The van der Waals surface area contributed by atoms with Crippen LogP contribution in [0.15, 0.2) is 42.9 Å². The summed E-state index contributed by atoms with van der Waals surface area (Å²) in [7, 11) is 0. The summed E-state index contributed by atoms with van der Waals surface area (Å²) in [5, 5.41) is 5.83. The number of aromatic nitrogens is 2. The minimum absolute atomic E-state index is 0.0497. The highest BCUT2D eigenvalue weighted by molar-refractivity contribution is 5.88. The van der Waals surface area contributed by atoms with Gasteiger partial charge in [0.25, 0.3) is 0 Å². The summed E-state index contributed by atoms with van der Waals surface area (Å²) < 4.78 is 0. The first-order valence-corrected chi connectivity index (χ1v) is 9.82. The number of hydrogen-bond acceptors (Lipinski definition) is 5. The van der Waals surface area contributed by atoms with Crippen LogP contribution < -0.4 is 10.6 Å².